The number of aryl methyl sites for hydroxylation is 1. The molecule has 0 aliphatic heterocycles. The molecule has 1 atom stereocenters. The monoisotopic (exact) mass is 390 g/mol. The van der Waals surface area contributed by atoms with Crippen molar-refractivity contribution in [3.8, 4) is 0 Å². The third-order valence-electron chi connectivity index (χ3n) is 5.22. The lowest BCUT2D eigenvalue weighted by molar-refractivity contribution is 0.218. The van der Waals surface area contributed by atoms with Gasteiger partial charge in [0.1, 0.15) is 4.83 Å². The van der Waals surface area contributed by atoms with E-state index in [2.05, 4.69) is 34.3 Å². The van der Waals surface area contributed by atoms with Crippen LogP contribution in [0, 0.1) is 11.3 Å². The maximum absolute atomic E-state index is 13.3. The van der Waals surface area contributed by atoms with Gasteiger partial charge in [-0.3, -0.25) is 9.36 Å². The van der Waals surface area contributed by atoms with Crippen molar-refractivity contribution in [2.45, 2.75) is 72.0 Å². The van der Waals surface area contributed by atoms with Gasteiger partial charge in [-0.15, -0.1) is 11.3 Å². The molecule has 0 saturated heterocycles. The van der Waals surface area contributed by atoms with Gasteiger partial charge in [-0.25, -0.2) is 4.98 Å². The third kappa shape index (κ3) is 3.79. The van der Waals surface area contributed by atoms with Gasteiger partial charge < -0.3 is 0 Å². The zero-order valence-electron chi connectivity index (χ0n) is 16.6. The van der Waals surface area contributed by atoms with E-state index in [-0.39, 0.29) is 5.56 Å². The Hall–Kier alpha value is -1.07. The van der Waals surface area contributed by atoms with E-state index >= 15 is 0 Å². The zero-order chi connectivity index (χ0) is 19.1. The van der Waals surface area contributed by atoms with Crippen LogP contribution in [0.1, 0.15) is 57.9 Å². The van der Waals surface area contributed by atoms with Crippen LogP contribution < -0.4 is 5.56 Å². The fourth-order valence-corrected chi connectivity index (χ4v) is 5.89. The molecule has 0 amide bonds. The molecule has 1 aliphatic rings. The highest BCUT2D eigenvalue weighted by atomic mass is 32.2. The van der Waals surface area contributed by atoms with Crippen LogP contribution in [0.3, 0.4) is 0 Å². The van der Waals surface area contributed by atoms with Gasteiger partial charge in [-0.1, -0.05) is 51.6 Å². The van der Waals surface area contributed by atoms with E-state index < -0.39 is 0 Å². The van der Waals surface area contributed by atoms with Gasteiger partial charge in [-0.2, -0.15) is 0 Å². The lowest BCUT2D eigenvalue weighted by atomic mass is 9.72. The average molecular weight is 391 g/mol. The van der Waals surface area contributed by atoms with E-state index in [0.29, 0.717) is 17.9 Å². The van der Waals surface area contributed by atoms with Crippen LogP contribution in [0.15, 0.2) is 22.1 Å². The number of allylic oxidation sites excluding steroid dienone is 1. The summed E-state index contributed by atoms with van der Waals surface area (Å²) in [6.07, 6.45) is 4.31. The van der Waals surface area contributed by atoms with Gasteiger partial charge in [0.25, 0.3) is 5.56 Å². The second-order valence-electron chi connectivity index (χ2n) is 8.58. The molecular weight excluding hydrogens is 360 g/mol. The van der Waals surface area contributed by atoms with Crippen LogP contribution >= 0.6 is 23.1 Å². The first-order valence-electron chi connectivity index (χ1n) is 9.54. The summed E-state index contributed by atoms with van der Waals surface area (Å²) in [7, 11) is 0. The Morgan fingerprint density at radius 1 is 1.42 bits per heavy atom. The number of thioether (sulfide) groups is 1. The predicted molar refractivity (Wildman–Crippen MR) is 115 cm³/mol. The molecule has 142 valence electrons. The Morgan fingerprint density at radius 2 is 2.15 bits per heavy atom. The van der Waals surface area contributed by atoms with Crippen molar-refractivity contribution >= 4 is 33.3 Å². The van der Waals surface area contributed by atoms with Crippen LogP contribution in [0.25, 0.3) is 10.2 Å². The second-order valence-corrected chi connectivity index (χ2v) is 10.7. The van der Waals surface area contributed by atoms with Crippen LogP contribution in [0.4, 0.5) is 0 Å². The molecule has 0 aromatic carbocycles. The van der Waals surface area contributed by atoms with Crippen molar-refractivity contribution in [3.05, 3.63) is 32.9 Å². The summed E-state index contributed by atoms with van der Waals surface area (Å²) in [6.45, 7) is 15.7. The molecule has 26 heavy (non-hydrogen) atoms. The Kier molecular flexibility index (Phi) is 5.69. The molecule has 5 heteroatoms. The first kappa shape index (κ1) is 19.7. The molecule has 2 aromatic rings. The minimum atomic E-state index is 0.128. The van der Waals surface area contributed by atoms with E-state index in [9.17, 15) is 4.79 Å². The van der Waals surface area contributed by atoms with Crippen molar-refractivity contribution in [3.63, 3.8) is 0 Å². The first-order valence-corrected chi connectivity index (χ1v) is 11.3. The van der Waals surface area contributed by atoms with E-state index in [1.807, 2.05) is 11.5 Å². The van der Waals surface area contributed by atoms with E-state index in [1.54, 1.807) is 23.1 Å². The number of fused-ring (bicyclic) bond motifs is 3. The Bertz CT molecular complexity index is 886. The normalized spacial score (nSPS) is 17.5. The van der Waals surface area contributed by atoms with Crippen LogP contribution in [-0.4, -0.2) is 15.3 Å². The van der Waals surface area contributed by atoms with Crippen molar-refractivity contribution in [1.29, 1.82) is 0 Å². The van der Waals surface area contributed by atoms with Crippen molar-refractivity contribution in [1.82, 2.24) is 9.55 Å². The van der Waals surface area contributed by atoms with Gasteiger partial charge in [0.2, 0.25) is 0 Å². The third-order valence-corrected chi connectivity index (χ3v) is 7.55. The molecular formula is C21H30N2OS2. The Labute approximate surface area is 164 Å². The summed E-state index contributed by atoms with van der Waals surface area (Å²) >= 11 is 3.43. The van der Waals surface area contributed by atoms with Crippen molar-refractivity contribution < 1.29 is 0 Å². The van der Waals surface area contributed by atoms with Gasteiger partial charge >= 0.3 is 0 Å². The summed E-state index contributed by atoms with van der Waals surface area (Å²) in [5, 5.41) is 1.72. The summed E-state index contributed by atoms with van der Waals surface area (Å²) in [6, 6.07) is 0. The Morgan fingerprint density at radius 3 is 2.77 bits per heavy atom. The van der Waals surface area contributed by atoms with Gasteiger partial charge in [0.15, 0.2) is 5.16 Å². The Balaban J connectivity index is 2.12. The van der Waals surface area contributed by atoms with Crippen molar-refractivity contribution in [2.75, 3.05) is 5.75 Å². The van der Waals surface area contributed by atoms with E-state index in [0.717, 1.165) is 52.4 Å². The highest BCUT2D eigenvalue weighted by Gasteiger charge is 2.32. The standard InChI is InChI=1S/C21H30N2OS2/c1-7-10-25-20-22-18-17(19(24)23(20)12-13(2)3)15-9-8-14(21(4,5)6)11-16(15)26-18/h14H,2,7-12H2,1,3-6H3/t14-/m1/s1. The fraction of sp³-hybridized carbons (Fsp3) is 0.619. The summed E-state index contributed by atoms with van der Waals surface area (Å²) in [5.41, 5.74) is 2.70. The highest BCUT2D eigenvalue weighted by molar-refractivity contribution is 7.99. The molecule has 3 nitrogen and oxygen atoms in total. The highest BCUT2D eigenvalue weighted by Crippen LogP contribution is 2.42. The minimum absolute atomic E-state index is 0.128. The number of nitrogens with zero attached hydrogens (tertiary/aromatic N) is 2. The number of hydrogen-bond acceptors (Lipinski definition) is 4. The molecule has 0 saturated carbocycles. The lowest BCUT2D eigenvalue weighted by Crippen LogP contribution is -2.27. The van der Waals surface area contributed by atoms with Crippen LogP contribution in [0.5, 0.6) is 0 Å². The van der Waals surface area contributed by atoms with Crippen LogP contribution in [0.2, 0.25) is 0 Å². The summed E-state index contributed by atoms with van der Waals surface area (Å²) < 4.78 is 1.84. The maximum Gasteiger partial charge on any atom is 0.263 e. The average Bonchev–Trinajstić information content (AvgIpc) is 2.92. The quantitative estimate of drug-likeness (QED) is 0.374. The lowest BCUT2D eigenvalue weighted by Gasteiger charge is -2.33. The minimum Gasteiger partial charge on any atom is -0.283 e. The fourth-order valence-electron chi connectivity index (χ4n) is 3.69. The molecule has 0 N–H and O–H groups in total. The molecule has 1 aliphatic carbocycles. The summed E-state index contributed by atoms with van der Waals surface area (Å²) in [4.78, 5) is 20.6. The predicted octanol–water partition coefficient (Wildman–Crippen LogP) is 5.69. The van der Waals surface area contributed by atoms with Crippen molar-refractivity contribution in [2.24, 2.45) is 11.3 Å². The number of aromatic nitrogens is 2. The zero-order valence-corrected chi connectivity index (χ0v) is 18.3. The van der Waals surface area contributed by atoms with Gasteiger partial charge in [0, 0.05) is 17.2 Å². The largest absolute Gasteiger partial charge is 0.283 e. The number of hydrogen-bond donors (Lipinski definition) is 0. The van der Waals surface area contributed by atoms with E-state index in [1.165, 1.54) is 10.4 Å². The maximum atomic E-state index is 13.3. The molecule has 2 aromatic heterocycles. The molecule has 0 bridgehead atoms. The molecule has 2 heterocycles. The van der Waals surface area contributed by atoms with Crippen LogP contribution in [-0.2, 0) is 19.4 Å². The second kappa shape index (κ2) is 7.51. The van der Waals surface area contributed by atoms with E-state index in [4.69, 9.17) is 4.98 Å². The molecule has 0 unspecified atom stereocenters. The van der Waals surface area contributed by atoms with Gasteiger partial charge in [-0.05, 0) is 49.5 Å². The smallest absolute Gasteiger partial charge is 0.263 e. The first-order chi connectivity index (χ1) is 12.2. The number of thiophene rings is 1. The molecule has 0 fully saturated rings. The summed E-state index contributed by atoms with van der Waals surface area (Å²) in [5.74, 6) is 1.65. The molecule has 3 rings (SSSR count). The van der Waals surface area contributed by atoms with Gasteiger partial charge in [0.05, 0.1) is 5.39 Å². The SMILES string of the molecule is C=C(C)Cn1c(SCCC)nc2sc3c(c2c1=O)CC[C@@H](C(C)(C)C)C3. The molecule has 0 spiro atoms. The topological polar surface area (TPSA) is 34.9 Å². The number of rotatable bonds is 5. The molecule has 0 radical (unpaired) electrons.